The van der Waals surface area contributed by atoms with Crippen LogP contribution in [0.3, 0.4) is 0 Å². The Morgan fingerprint density at radius 1 is 1.47 bits per heavy atom. The van der Waals surface area contributed by atoms with Crippen LogP contribution < -0.4 is 11.1 Å². The van der Waals surface area contributed by atoms with E-state index in [0.29, 0.717) is 5.92 Å². The van der Waals surface area contributed by atoms with Crippen LogP contribution in [0.1, 0.15) is 42.4 Å². The van der Waals surface area contributed by atoms with Crippen LogP contribution in [0.25, 0.3) is 0 Å². The van der Waals surface area contributed by atoms with E-state index in [1.165, 1.54) is 24.0 Å². The topological polar surface area (TPSA) is 38.0 Å². The van der Waals surface area contributed by atoms with E-state index in [4.69, 9.17) is 5.73 Å². The monoisotopic (exact) mass is 254 g/mol. The Morgan fingerprint density at radius 3 is 2.84 bits per heavy atom. The molecule has 1 unspecified atom stereocenters. The molecule has 0 aliphatic heterocycles. The van der Waals surface area contributed by atoms with Gasteiger partial charge in [0.1, 0.15) is 0 Å². The zero-order valence-corrected chi connectivity index (χ0v) is 12.0. The van der Waals surface area contributed by atoms with Crippen molar-refractivity contribution in [2.75, 3.05) is 7.05 Å². The van der Waals surface area contributed by atoms with E-state index in [0.717, 1.165) is 11.3 Å². The van der Waals surface area contributed by atoms with Crippen molar-refractivity contribution in [1.82, 2.24) is 5.32 Å². The minimum absolute atomic E-state index is 0.204. The van der Waals surface area contributed by atoms with Gasteiger partial charge in [-0.2, -0.15) is 0 Å². The molecule has 0 saturated heterocycles. The van der Waals surface area contributed by atoms with E-state index < -0.39 is 0 Å². The highest BCUT2D eigenvalue weighted by atomic mass is 14.8. The molecule has 0 bridgehead atoms. The summed E-state index contributed by atoms with van der Waals surface area (Å²) in [5.74, 6) is 7.48. The Hall–Kier alpha value is -1.88. The summed E-state index contributed by atoms with van der Waals surface area (Å²) in [6, 6.07) is 6.31. The zero-order valence-electron chi connectivity index (χ0n) is 12.0. The van der Waals surface area contributed by atoms with E-state index in [1.54, 1.807) is 0 Å². The SMILES string of the molecule is CN/C=C(\N)C(C)c1cccc(C#CC2CC2)c1C. The van der Waals surface area contributed by atoms with Crippen molar-refractivity contribution >= 4 is 0 Å². The molecule has 0 spiro atoms. The Morgan fingerprint density at radius 2 is 2.21 bits per heavy atom. The number of hydrogen-bond donors (Lipinski definition) is 2. The highest BCUT2D eigenvalue weighted by Gasteiger charge is 2.18. The number of nitrogens with two attached hydrogens (primary N) is 1. The molecule has 0 radical (unpaired) electrons. The lowest BCUT2D eigenvalue weighted by atomic mass is 9.91. The van der Waals surface area contributed by atoms with Gasteiger partial charge in [0.15, 0.2) is 0 Å². The average Bonchev–Trinajstić information content (AvgIpc) is 3.21. The second-order valence-electron chi connectivity index (χ2n) is 5.22. The standard InChI is InChI=1S/C17H22N2/c1-12-15(10-9-14-7-8-14)5-4-6-16(12)13(2)17(18)11-19-3/h4-6,11,13-14,19H,7-8,18H2,1-3H3/b17-11-. The molecule has 1 atom stereocenters. The molecule has 19 heavy (non-hydrogen) atoms. The summed E-state index contributed by atoms with van der Waals surface area (Å²) in [5.41, 5.74) is 10.6. The van der Waals surface area contributed by atoms with Crippen molar-refractivity contribution in [3.8, 4) is 11.8 Å². The predicted molar refractivity (Wildman–Crippen MR) is 80.5 cm³/mol. The maximum atomic E-state index is 6.07. The first-order valence-corrected chi connectivity index (χ1v) is 6.87. The van der Waals surface area contributed by atoms with Crippen LogP contribution in [0.2, 0.25) is 0 Å². The highest BCUT2D eigenvalue weighted by Crippen LogP contribution is 2.29. The second kappa shape index (κ2) is 5.84. The lowest BCUT2D eigenvalue weighted by Crippen LogP contribution is -2.12. The molecule has 1 aromatic carbocycles. The van der Waals surface area contributed by atoms with Crippen LogP contribution in [0, 0.1) is 24.7 Å². The van der Waals surface area contributed by atoms with Crippen molar-refractivity contribution < 1.29 is 0 Å². The van der Waals surface area contributed by atoms with Crippen LogP contribution >= 0.6 is 0 Å². The van der Waals surface area contributed by atoms with Crippen molar-refractivity contribution in [1.29, 1.82) is 0 Å². The Balaban J connectivity index is 2.29. The summed E-state index contributed by atoms with van der Waals surface area (Å²) in [4.78, 5) is 0. The number of benzene rings is 1. The molecule has 2 rings (SSSR count). The molecule has 1 saturated carbocycles. The maximum absolute atomic E-state index is 6.07. The van der Waals surface area contributed by atoms with Crippen LogP contribution in [0.4, 0.5) is 0 Å². The normalized spacial score (nSPS) is 16.5. The molecule has 2 heteroatoms. The molecule has 1 aromatic rings. The number of nitrogens with one attached hydrogen (secondary N) is 1. The third-order valence-electron chi connectivity index (χ3n) is 3.64. The van der Waals surface area contributed by atoms with Gasteiger partial charge in [0.05, 0.1) is 0 Å². The van der Waals surface area contributed by atoms with Crippen molar-refractivity contribution in [3.05, 3.63) is 46.8 Å². The van der Waals surface area contributed by atoms with E-state index >= 15 is 0 Å². The fraction of sp³-hybridized carbons (Fsp3) is 0.412. The van der Waals surface area contributed by atoms with Gasteiger partial charge in [0.2, 0.25) is 0 Å². The summed E-state index contributed by atoms with van der Waals surface area (Å²) in [5, 5.41) is 2.99. The average molecular weight is 254 g/mol. The van der Waals surface area contributed by atoms with E-state index in [1.807, 2.05) is 13.2 Å². The summed E-state index contributed by atoms with van der Waals surface area (Å²) in [7, 11) is 1.87. The first kappa shape index (κ1) is 13.5. The largest absolute Gasteiger partial charge is 0.400 e. The van der Waals surface area contributed by atoms with Crippen LogP contribution in [-0.2, 0) is 0 Å². The molecule has 100 valence electrons. The van der Waals surface area contributed by atoms with Crippen molar-refractivity contribution in [2.24, 2.45) is 11.7 Å². The third kappa shape index (κ3) is 3.32. The van der Waals surface area contributed by atoms with Crippen LogP contribution in [0.15, 0.2) is 30.1 Å². The zero-order chi connectivity index (χ0) is 13.8. The molecule has 0 heterocycles. The Bertz CT molecular complexity index is 542. The fourth-order valence-electron chi connectivity index (χ4n) is 2.14. The highest BCUT2D eigenvalue weighted by molar-refractivity contribution is 5.47. The van der Waals surface area contributed by atoms with Gasteiger partial charge in [-0.15, -0.1) is 0 Å². The molecule has 0 aromatic heterocycles. The third-order valence-corrected chi connectivity index (χ3v) is 3.64. The van der Waals surface area contributed by atoms with Gasteiger partial charge >= 0.3 is 0 Å². The van der Waals surface area contributed by atoms with E-state index in [2.05, 4.69) is 49.2 Å². The summed E-state index contributed by atoms with van der Waals surface area (Å²) in [6.07, 6.45) is 4.38. The van der Waals surface area contributed by atoms with Gasteiger partial charge in [0.25, 0.3) is 0 Å². The summed E-state index contributed by atoms with van der Waals surface area (Å²) < 4.78 is 0. The molecule has 1 aliphatic rings. The minimum atomic E-state index is 0.204. The Labute approximate surface area is 116 Å². The van der Waals surface area contributed by atoms with Gasteiger partial charge in [-0.05, 0) is 37.0 Å². The lowest BCUT2D eigenvalue weighted by Gasteiger charge is -2.16. The molecule has 1 fully saturated rings. The van der Waals surface area contributed by atoms with Gasteiger partial charge in [-0.3, -0.25) is 0 Å². The maximum Gasteiger partial charge on any atom is 0.0313 e. The molecule has 1 aliphatic carbocycles. The Kier molecular flexibility index (Phi) is 4.16. The first-order chi connectivity index (χ1) is 9.13. The van der Waals surface area contributed by atoms with Gasteiger partial charge in [-0.25, -0.2) is 0 Å². The lowest BCUT2D eigenvalue weighted by molar-refractivity contribution is 0.847. The molecular formula is C17H22N2. The van der Waals surface area contributed by atoms with Crippen molar-refractivity contribution in [3.63, 3.8) is 0 Å². The molecule has 2 nitrogen and oxygen atoms in total. The van der Waals surface area contributed by atoms with E-state index in [-0.39, 0.29) is 5.92 Å². The van der Waals surface area contributed by atoms with Gasteiger partial charge in [0, 0.05) is 36.3 Å². The summed E-state index contributed by atoms with van der Waals surface area (Å²) >= 11 is 0. The van der Waals surface area contributed by atoms with Crippen LogP contribution in [0.5, 0.6) is 0 Å². The fourth-order valence-corrected chi connectivity index (χ4v) is 2.14. The van der Waals surface area contributed by atoms with E-state index in [9.17, 15) is 0 Å². The number of rotatable bonds is 3. The summed E-state index contributed by atoms with van der Waals surface area (Å²) in [6.45, 7) is 4.26. The van der Waals surface area contributed by atoms with Crippen LogP contribution in [-0.4, -0.2) is 7.05 Å². The van der Waals surface area contributed by atoms with Gasteiger partial charge < -0.3 is 11.1 Å². The molecule has 3 N–H and O–H groups in total. The smallest absolute Gasteiger partial charge is 0.0313 e. The quantitative estimate of drug-likeness (QED) is 0.814. The predicted octanol–water partition coefficient (Wildman–Crippen LogP) is 2.88. The first-order valence-electron chi connectivity index (χ1n) is 6.87. The van der Waals surface area contributed by atoms with Gasteiger partial charge in [-0.1, -0.05) is 30.9 Å². The van der Waals surface area contributed by atoms with Crippen molar-refractivity contribution in [2.45, 2.75) is 32.6 Å². The molecule has 0 amide bonds. The molecular weight excluding hydrogens is 232 g/mol. The minimum Gasteiger partial charge on any atom is -0.400 e. The number of hydrogen-bond acceptors (Lipinski definition) is 2. The number of allylic oxidation sites excluding steroid dienone is 1. The second-order valence-corrected chi connectivity index (χ2v) is 5.22.